The van der Waals surface area contributed by atoms with Crippen LogP contribution >= 0.6 is 0 Å². The number of aliphatic carboxylic acids is 1. The summed E-state index contributed by atoms with van der Waals surface area (Å²) < 4.78 is 22.9. The van der Waals surface area contributed by atoms with Crippen LogP contribution in [0.1, 0.15) is 232 Å². The number of hydrogen-bond acceptors (Lipinski definition) is 7. The second-order valence-electron chi connectivity index (χ2n) is 20.9. The second kappa shape index (κ2) is 56.2. The number of hydrogen-bond donors (Lipinski definition) is 1. The van der Waals surface area contributed by atoms with Crippen molar-refractivity contribution in [3.63, 3.8) is 0 Å². The molecule has 0 heterocycles. The zero-order chi connectivity index (χ0) is 54.8. The highest BCUT2D eigenvalue weighted by atomic mass is 16.7. The zero-order valence-corrected chi connectivity index (χ0v) is 48.7. The topological polar surface area (TPSA) is 108 Å². The molecule has 0 bridgehead atoms. The minimum Gasteiger partial charge on any atom is -0.477 e. The summed E-state index contributed by atoms with van der Waals surface area (Å²) in [5.74, 6) is -2.03. The molecule has 0 aliphatic rings. The zero-order valence-electron chi connectivity index (χ0n) is 48.7. The van der Waals surface area contributed by atoms with Crippen molar-refractivity contribution in [2.45, 2.75) is 245 Å². The Morgan fingerprint density at radius 3 is 1.15 bits per heavy atom. The number of nitrogens with zero attached hydrogens (tertiary/aromatic N) is 1. The van der Waals surface area contributed by atoms with E-state index in [9.17, 15) is 19.5 Å². The number of esters is 2. The Bertz CT molecular complexity index is 1590. The van der Waals surface area contributed by atoms with Crippen molar-refractivity contribution < 1.29 is 42.9 Å². The van der Waals surface area contributed by atoms with Crippen molar-refractivity contribution >= 4 is 17.9 Å². The molecule has 0 radical (unpaired) electrons. The molecule has 0 aliphatic heterocycles. The van der Waals surface area contributed by atoms with E-state index in [1.807, 2.05) is 21.1 Å². The lowest BCUT2D eigenvalue weighted by molar-refractivity contribution is -0.870. The van der Waals surface area contributed by atoms with Crippen LogP contribution in [0.3, 0.4) is 0 Å². The number of quaternary nitrogens is 1. The normalized spacial score (nSPS) is 13.6. The van der Waals surface area contributed by atoms with Crippen LogP contribution in [0, 0.1) is 0 Å². The molecule has 0 saturated carbocycles. The highest BCUT2D eigenvalue weighted by Crippen LogP contribution is 2.15. The van der Waals surface area contributed by atoms with Crippen LogP contribution in [0.2, 0.25) is 0 Å². The number of carbonyl (C=O) groups excluding carboxylic acids is 2. The Morgan fingerprint density at radius 1 is 0.413 bits per heavy atom. The van der Waals surface area contributed by atoms with E-state index in [1.165, 1.54) is 96.3 Å². The molecule has 0 aliphatic carbocycles. The molecule has 75 heavy (non-hydrogen) atoms. The minimum atomic E-state index is -1.52. The number of unbranched alkanes of at least 4 members (excludes halogenated alkanes) is 21. The second-order valence-corrected chi connectivity index (χ2v) is 20.9. The molecule has 0 saturated heterocycles. The first kappa shape index (κ1) is 71.0. The van der Waals surface area contributed by atoms with E-state index in [4.69, 9.17) is 18.9 Å². The Hall–Kier alpha value is -4.05. The summed E-state index contributed by atoms with van der Waals surface area (Å²) in [7, 11) is 5.96. The standard InChI is InChI=1S/C66H111NO8/c1-6-8-10-12-14-16-18-20-22-24-25-26-27-28-29-30-31-32-33-34-35-36-37-38-39-41-43-45-47-49-51-53-55-57-64(69)75-62(61-74-66(65(70)71)72-59-58-67(3,4)5)60-73-63(68)56-54-52-50-48-46-44-42-40-23-21-19-17-15-13-11-9-7-2/h8,10,14,16,20-23,25-26,28-29,31-32,34-35,37-38,62,66H,6-7,9,11-13,15,17-19,24,27,30,33,36,39-61H2,1-5H3/p+1/b10-8-,16-14-,22-20-,23-21-,26-25-,29-28-,32-31-,35-34-,38-37-. The Kier molecular flexibility index (Phi) is 53.1. The summed E-state index contributed by atoms with van der Waals surface area (Å²) in [4.78, 5) is 37.4. The molecule has 428 valence electrons. The maximum atomic E-state index is 12.9. The van der Waals surface area contributed by atoms with Gasteiger partial charge in [0, 0.05) is 12.8 Å². The van der Waals surface area contributed by atoms with E-state index in [0.717, 1.165) is 103 Å². The Balaban J connectivity index is 4.25. The van der Waals surface area contributed by atoms with Gasteiger partial charge in [-0.1, -0.05) is 226 Å². The summed E-state index contributed by atoms with van der Waals surface area (Å²) in [6.07, 6.45) is 74.5. The molecule has 1 N–H and O–H groups in total. The fourth-order valence-corrected chi connectivity index (χ4v) is 7.91. The van der Waals surface area contributed by atoms with E-state index >= 15 is 0 Å². The van der Waals surface area contributed by atoms with Crippen LogP contribution in [-0.4, -0.2) is 87.4 Å². The summed E-state index contributed by atoms with van der Waals surface area (Å²) in [5.41, 5.74) is 0. The molecule has 0 aromatic rings. The molecular formula is C66H112NO8+. The van der Waals surface area contributed by atoms with Crippen molar-refractivity contribution in [2.24, 2.45) is 0 Å². The lowest BCUT2D eigenvalue weighted by atomic mass is 10.1. The largest absolute Gasteiger partial charge is 0.477 e. The van der Waals surface area contributed by atoms with Crippen molar-refractivity contribution in [1.82, 2.24) is 0 Å². The van der Waals surface area contributed by atoms with Crippen molar-refractivity contribution in [1.29, 1.82) is 0 Å². The molecule has 0 amide bonds. The van der Waals surface area contributed by atoms with Gasteiger partial charge in [0.15, 0.2) is 6.10 Å². The molecule has 0 aromatic heterocycles. The number of rotatable bonds is 54. The number of ether oxygens (including phenoxy) is 4. The van der Waals surface area contributed by atoms with Gasteiger partial charge >= 0.3 is 17.9 Å². The van der Waals surface area contributed by atoms with Gasteiger partial charge in [-0.25, -0.2) is 4.79 Å². The predicted molar refractivity (Wildman–Crippen MR) is 318 cm³/mol. The number of carbonyl (C=O) groups is 3. The molecule has 0 aromatic carbocycles. The van der Waals surface area contributed by atoms with Gasteiger partial charge in [-0.3, -0.25) is 9.59 Å². The first-order valence-electron chi connectivity index (χ1n) is 30.1. The average Bonchev–Trinajstić information content (AvgIpc) is 3.38. The van der Waals surface area contributed by atoms with Gasteiger partial charge in [-0.15, -0.1) is 0 Å². The summed E-state index contributed by atoms with van der Waals surface area (Å²) >= 11 is 0. The summed E-state index contributed by atoms with van der Waals surface area (Å²) in [6, 6.07) is 0. The quantitative estimate of drug-likeness (QED) is 0.0211. The Morgan fingerprint density at radius 2 is 0.760 bits per heavy atom. The van der Waals surface area contributed by atoms with E-state index in [1.54, 1.807) is 0 Å². The van der Waals surface area contributed by atoms with Crippen LogP contribution < -0.4 is 0 Å². The number of allylic oxidation sites excluding steroid dienone is 18. The first-order valence-corrected chi connectivity index (χ1v) is 30.1. The number of carboxylic acids is 1. The van der Waals surface area contributed by atoms with Gasteiger partial charge in [0.1, 0.15) is 13.2 Å². The fourth-order valence-electron chi connectivity index (χ4n) is 7.91. The molecule has 0 rings (SSSR count). The third-order valence-corrected chi connectivity index (χ3v) is 12.5. The fraction of sp³-hybridized carbons (Fsp3) is 0.682. The van der Waals surface area contributed by atoms with E-state index in [0.29, 0.717) is 23.9 Å². The van der Waals surface area contributed by atoms with Gasteiger partial charge in [0.05, 0.1) is 34.4 Å². The molecule has 2 atom stereocenters. The molecule has 2 unspecified atom stereocenters. The molecule has 9 nitrogen and oxygen atoms in total. The molecule has 0 spiro atoms. The van der Waals surface area contributed by atoms with Gasteiger partial charge in [0.2, 0.25) is 0 Å². The van der Waals surface area contributed by atoms with E-state index in [-0.39, 0.29) is 32.2 Å². The highest BCUT2D eigenvalue weighted by Gasteiger charge is 2.25. The number of likely N-dealkylation sites (N-methyl/N-ethyl adjacent to an activating group) is 1. The van der Waals surface area contributed by atoms with Crippen LogP contribution in [0.4, 0.5) is 0 Å². The maximum Gasteiger partial charge on any atom is 0.361 e. The van der Waals surface area contributed by atoms with Gasteiger partial charge in [-0.05, 0) is 103 Å². The SMILES string of the molecule is CC/C=C\C/C=C\C/C=C\C/C=C\C/C=C\C/C=C\C/C=C\C/C=C\CCCCCCCCCCC(=O)OC(COC(=O)CCCCCCCCC/C=C\CCCCCCCC)COC(OCC[N+](C)(C)C)C(=O)O. The summed E-state index contributed by atoms with van der Waals surface area (Å²) in [6.45, 7) is 4.74. The highest BCUT2D eigenvalue weighted by molar-refractivity contribution is 5.71. The first-order chi connectivity index (χ1) is 36.6. The Labute approximate surface area is 460 Å². The van der Waals surface area contributed by atoms with E-state index in [2.05, 4.69) is 123 Å². The van der Waals surface area contributed by atoms with Gasteiger partial charge in [-0.2, -0.15) is 0 Å². The van der Waals surface area contributed by atoms with Crippen LogP contribution in [0.5, 0.6) is 0 Å². The van der Waals surface area contributed by atoms with Crippen molar-refractivity contribution in [2.75, 3.05) is 47.5 Å². The van der Waals surface area contributed by atoms with Crippen LogP contribution in [0.25, 0.3) is 0 Å². The van der Waals surface area contributed by atoms with Crippen LogP contribution in [0.15, 0.2) is 109 Å². The smallest absolute Gasteiger partial charge is 0.361 e. The average molecular weight is 1050 g/mol. The number of carboxylic acid groups (broad SMARTS) is 1. The van der Waals surface area contributed by atoms with Gasteiger partial charge in [0.25, 0.3) is 6.29 Å². The monoisotopic (exact) mass is 1050 g/mol. The summed E-state index contributed by atoms with van der Waals surface area (Å²) in [5, 5.41) is 9.70. The lowest BCUT2D eigenvalue weighted by Crippen LogP contribution is -2.40. The molecule has 0 fully saturated rings. The van der Waals surface area contributed by atoms with E-state index < -0.39 is 24.3 Å². The molecular weight excluding hydrogens is 935 g/mol. The van der Waals surface area contributed by atoms with Gasteiger partial charge < -0.3 is 28.5 Å². The minimum absolute atomic E-state index is 0.180. The maximum absolute atomic E-state index is 12.9. The van der Waals surface area contributed by atoms with Crippen molar-refractivity contribution in [3.05, 3.63) is 109 Å². The lowest BCUT2D eigenvalue weighted by Gasteiger charge is -2.25. The molecule has 9 heteroatoms. The third kappa shape index (κ3) is 57.5. The third-order valence-electron chi connectivity index (χ3n) is 12.5. The van der Waals surface area contributed by atoms with Crippen LogP contribution in [-0.2, 0) is 33.3 Å². The predicted octanol–water partition coefficient (Wildman–Crippen LogP) is 17.9. The van der Waals surface area contributed by atoms with Crippen molar-refractivity contribution in [3.8, 4) is 0 Å².